The Balaban J connectivity index is 1.42. The fourth-order valence-electron chi connectivity index (χ4n) is 3.40. The summed E-state index contributed by atoms with van der Waals surface area (Å²) in [7, 11) is 0. The number of carbonyl (C=O) groups is 2. The zero-order valence-corrected chi connectivity index (χ0v) is 16.2. The number of fused-ring (bicyclic) bond motifs is 1. The monoisotopic (exact) mass is 400 g/mol. The van der Waals surface area contributed by atoms with Crippen molar-refractivity contribution in [3.63, 3.8) is 0 Å². The molecule has 4 aromatic rings. The quantitative estimate of drug-likeness (QED) is 0.291. The number of hydrogen-bond donors (Lipinski definition) is 1. The third-order valence-corrected chi connectivity index (χ3v) is 4.87. The number of nitrogens with one attached hydrogen (secondary N) is 1. The highest BCUT2D eigenvalue weighted by molar-refractivity contribution is 6.14. The minimum absolute atomic E-state index is 0.138. The van der Waals surface area contributed by atoms with E-state index >= 15 is 0 Å². The number of esters is 1. The summed E-state index contributed by atoms with van der Waals surface area (Å²) >= 11 is 0. The molecule has 4 rings (SSSR count). The molecule has 0 bridgehead atoms. The van der Waals surface area contributed by atoms with Gasteiger partial charge < -0.3 is 9.72 Å². The van der Waals surface area contributed by atoms with Crippen LogP contribution in [0.3, 0.4) is 0 Å². The highest BCUT2D eigenvalue weighted by atomic mass is 16.5. The van der Waals surface area contributed by atoms with Crippen LogP contribution in [-0.2, 0) is 11.3 Å². The summed E-state index contributed by atoms with van der Waals surface area (Å²) < 4.78 is 7.01. The van der Waals surface area contributed by atoms with Crippen molar-refractivity contribution in [2.75, 3.05) is 6.61 Å². The third kappa shape index (κ3) is 3.93. The zero-order valence-electron chi connectivity index (χ0n) is 16.2. The van der Waals surface area contributed by atoms with Gasteiger partial charge in [0.25, 0.3) is 0 Å². The molecule has 30 heavy (non-hydrogen) atoms. The highest BCUT2D eigenvalue weighted by Crippen LogP contribution is 2.16. The fraction of sp³-hybridized carbons (Fsp3) is 0.125. The van der Waals surface area contributed by atoms with Gasteiger partial charge in [0, 0.05) is 17.7 Å². The SMILES string of the molecule is O=C(OCCCn1c(=O)[nH]c2ccccc21)c1ccccc1C(=O)c1ccccc1. The maximum absolute atomic E-state index is 12.8. The lowest BCUT2D eigenvalue weighted by molar-refractivity contribution is 0.0493. The Bertz CT molecular complexity index is 1250. The van der Waals surface area contributed by atoms with Gasteiger partial charge in [-0.05, 0) is 24.6 Å². The van der Waals surface area contributed by atoms with Gasteiger partial charge in [0.1, 0.15) is 0 Å². The molecule has 0 aliphatic rings. The molecule has 0 fully saturated rings. The summed E-state index contributed by atoms with van der Waals surface area (Å²) in [4.78, 5) is 40.3. The topological polar surface area (TPSA) is 81.2 Å². The Morgan fingerprint density at radius 3 is 2.30 bits per heavy atom. The second kappa shape index (κ2) is 8.61. The first kappa shape index (κ1) is 19.4. The number of aromatic nitrogens is 2. The van der Waals surface area contributed by atoms with Crippen LogP contribution in [0.2, 0.25) is 0 Å². The van der Waals surface area contributed by atoms with Crippen molar-refractivity contribution in [1.29, 1.82) is 0 Å². The molecular weight excluding hydrogens is 380 g/mol. The van der Waals surface area contributed by atoms with Crippen LogP contribution in [0.25, 0.3) is 11.0 Å². The molecule has 3 aromatic carbocycles. The van der Waals surface area contributed by atoms with Crippen LogP contribution in [0.15, 0.2) is 83.7 Å². The number of nitrogens with zero attached hydrogens (tertiary/aromatic N) is 1. The standard InChI is InChI=1S/C24H20N2O4/c27-22(17-9-2-1-3-10-17)18-11-4-5-12-19(18)23(28)30-16-8-15-26-21-14-7-6-13-20(21)25-24(26)29/h1-7,9-14H,8,15-16H2,(H,25,29). The number of carbonyl (C=O) groups excluding carboxylic acids is 2. The van der Waals surface area contributed by atoms with Gasteiger partial charge in [-0.15, -0.1) is 0 Å². The summed E-state index contributed by atoms with van der Waals surface area (Å²) in [6.45, 7) is 0.555. The summed E-state index contributed by atoms with van der Waals surface area (Å²) in [5.41, 5.74) is 2.44. The number of imidazole rings is 1. The van der Waals surface area contributed by atoms with E-state index in [4.69, 9.17) is 4.74 Å². The molecule has 0 spiro atoms. The average molecular weight is 400 g/mol. The van der Waals surface area contributed by atoms with E-state index < -0.39 is 5.97 Å². The predicted molar refractivity (Wildman–Crippen MR) is 114 cm³/mol. The smallest absolute Gasteiger partial charge is 0.338 e. The lowest BCUT2D eigenvalue weighted by Gasteiger charge is -2.09. The van der Waals surface area contributed by atoms with Crippen molar-refractivity contribution < 1.29 is 14.3 Å². The number of benzene rings is 3. The summed E-state index contributed by atoms with van der Waals surface area (Å²) in [5.74, 6) is -0.783. The summed E-state index contributed by atoms with van der Waals surface area (Å²) in [6, 6.07) is 22.9. The molecule has 6 heteroatoms. The largest absolute Gasteiger partial charge is 0.462 e. The van der Waals surface area contributed by atoms with Crippen LogP contribution in [-0.4, -0.2) is 27.9 Å². The van der Waals surface area contributed by atoms with Gasteiger partial charge in [0.2, 0.25) is 0 Å². The molecule has 0 atom stereocenters. The van der Waals surface area contributed by atoms with Crippen molar-refractivity contribution in [3.05, 3.63) is 106 Å². The molecule has 0 radical (unpaired) electrons. The van der Waals surface area contributed by atoms with Gasteiger partial charge in [-0.1, -0.05) is 60.7 Å². The number of aryl methyl sites for hydroxylation is 1. The van der Waals surface area contributed by atoms with Crippen molar-refractivity contribution >= 4 is 22.8 Å². The van der Waals surface area contributed by atoms with Crippen LogP contribution >= 0.6 is 0 Å². The summed E-state index contributed by atoms with van der Waals surface area (Å²) in [6.07, 6.45) is 0.474. The Kier molecular flexibility index (Phi) is 5.57. The number of hydrogen-bond acceptors (Lipinski definition) is 4. The van der Waals surface area contributed by atoms with Crippen molar-refractivity contribution in [2.24, 2.45) is 0 Å². The second-order valence-corrected chi connectivity index (χ2v) is 6.83. The van der Waals surface area contributed by atoms with Crippen LogP contribution < -0.4 is 5.69 Å². The number of para-hydroxylation sites is 2. The van der Waals surface area contributed by atoms with Crippen molar-refractivity contribution in [2.45, 2.75) is 13.0 Å². The highest BCUT2D eigenvalue weighted by Gasteiger charge is 2.19. The third-order valence-electron chi connectivity index (χ3n) is 4.87. The van der Waals surface area contributed by atoms with E-state index in [1.165, 1.54) is 0 Å². The minimum atomic E-state index is -0.554. The summed E-state index contributed by atoms with van der Waals surface area (Å²) in [5, 5.41) is 0. The lowest BCUT2D eigenvalue weighted by atomic mass is 9.98. The molecule has 1 N–H and O–H groups in total. The van der Waals surface area contributed by atoms with Crippen LogP contribution in [0.4, 0.5) is 0 Å². The van der Waals surface area contributed by atoms with Gasteiger partial charge in [0.15, 0.2) is 5.78 Å². The van der Waals surface area contributed by atoms with Gasteiger partial charge in [-0.25, -0.2) is 9.59 Å². The van der Waals surface area contributed by atoms with E-state index in [0.29, 0.717) is 24.1 Å². The molecule has 6 nitrogen and oxygen atoms in total. The van der Waals surface area contributed by atoms with Crippen LogP contribution in [0.5, 0.6) is 0 Å². The van der Waals surface area contributed by atoms with Gasteiger partial charge in [-0.3, -0.25) is 9.36 Å². The maximum atomic E-state index is 12.8. The molecule has 0 saturated carbocycles. The van der Waals surface area contributed by atoms with Gasteiger partial charge in [-0.2, -0.15) is 0 Å². The number of aromatic amines is 1. The fourth-order valence-corrected chi connectivity index (χ4v) is 3.40. The molecule has 0 aliphatic heterocycles. The first-order chi connectivity index (χ1) is 14.6. The number of ether oxygens (including phenoxy) is 1. The Hall–Kier alpha value is -3.93. The molecular formula is C24H20N2O4. The first-order valence-electron chi connectivity index (χ1n) is 9.68. The van der Waals surface area contributed by atoms with E-state index in [1.54, 1.807) is 53.1 Å². The van der Waals surface area contributed by atoms with E-state index in [2.05, 4.69) is 4.98 Å². The number of ketones is 1. The van der Waals surface area contributed by atoms with Crippen molar-refractivity contribution in [1.82, 2.24) is 9.55 Å². The van der Waals surface area contributed by atoms with Gasteiger partial charge in [0.05, 0.1) is 23.2 Å². The van der Waals surface area contributed by atoms with E-state index in [1.807, 2.05) is 30.3 Å². The van der Waals surface area contributed by atoms with Crippen molar-refractivity contribution in [3.8, 4) is 0 Å². The number of rotatable bonds is 7. The molecule has 1 heterocycles. The predicted octanol–water partition coefficient (Wildman–Crippen LogP) is 3.81. The molecule has 0 aliphatic carbocycles. The lowest BCUT2D eigenvalue weighted by Crippen LogP contribution is -2.18. The maximum Gasteiger partial charge on any atom is 0.338 e. The molecule has 150 valence electrons. The van der Waals surface area contributed by atoms with Crippen LogP contribution in [0, 0.1) is 0 Å². The van der Waals surface area contributed by atoms with E-state index in [9.17, 15) is 14.4 Å². The Morgan fingerprint density at radius 1 is 0.833 bits per heavy atom. The molecule has 0 saturated heterocycles. The molecule has 0 amide bonds. The normalized spacial score (nSPS) is 10.8. The van der Waals surface area contributed by atoms with Gasteiger partial charge >= 0.3 is 11.7 Å². The van der Waals surface area contributed by atoms with E-state index in [0.717, 1.165) is 11.0 Å². The zero-order chi connectivity index (χ0) is 20.9. The number of H-pyrrole nitrogens is 1. The Labute approximate surface area is 172 Å². The molecule has 1 aromatic heterocycles. The average Bonchev–Trinajstić information content (AvgIpc) is 3.11. The minimum Gasteiger partial charge on any atom is -0.462 e. The molecule has 0 unspecified atom stereocenters. The van der Waals surface area contributed by atoms with E-state index in [-0.39, 0.29) is 23.6 Å². The first-order valence-corrected chi connectivity index (χ1v) is 9.68. The second-order valence-electron chi connectivity index (χ2n) is 6.83. The Morgan fingerprint density at radius 2 is 1.50 bits per heavy atom. The van der Waals surface area contributed by atoms with Crippen LogP contribution in [0.1, 0.15) is 32.7 Å².